The van der Waals surface area contributed by atoms with Gasteiger partial charge < -0.3 is 39.2 Å². The number of hydrogen-bond donors (Lipinski definition) is 3. The number of hydrogen-bond acceptors (Lipinski definition) is 18. The van der Waals surface area contributed by atoms with E-state index in [1.165, 1.54) is 31.9 Å². The molecule has 4 heterocycles. The summed E-state index contributed by atoms with van der Waals surface area (Å²) in [7, 11) is -6.56. The Morgan fingerprint density at radius 3 is 2.39 bits per heavy atom. The van der Waals surface area contributed by atoms with Crippen LogP contribution >= 0.6 is 11.3 Å². The number of urea groups is 1. The van der Waals surface area contributed by atoms with Gasteiger partial charge in [-0.3, -0.25) is 24.4 Å². The number of esters is 3. The fourth-order valence-corrected chi connectivity index (χ4v) is 13.2. The number of amides is 2. The molecule has 4 atom stereocenters. The van der Waals surface area contributed by atoms with Crippen LogP contribution in [-0.4, -0.2) is 143 Å². The first kappa shape index (κ1) is 53.5. The number of H-pyrrole nitrogens is 1. The van der Waals surface area contributed by atoms with Crippen LogP contribution in [0.4, 0.5) is 10.5 Å². The zero-order valence-corrected chi connectivity index (χ0v) is 42.2. The minimum absolute atomic E-state index is 0.0577. The number of benzene rings is 2. The van der Waals surface area contributed by atoms with Crippen molar-refractivity contribution in [3.8, 4) is 22.6 Å². The highest BCUT2D eigenvalue weighted by Gasteiger charge is 2.40. The zero-order valence-electron chi connectivity index (χ0n) is 39.8. The second kappa shape index (κ2) is 24.3. The maximum absolute atomic E-state index is 14.0. The van der Waals surface area contributed by atoms with Gasteiger partial charge >= 0.3 is 23.9 Å². The first-order valence-electron chi connectivity index (χ1n) is 23.0. The van der Waals surface area contributed by atoms with Crippen molar-refractivity contribution in [1.29, 1.82) is 0 Å². The Morgan fingerprint density at radius 2 is 1.70 bits per heavy atom. The lowest BCUT2D eigenvalue weighted by atomic mass is 10.1. The number of carbonyl (C=O) groups excluding carboxylic acids is 5. The molecule has 2 amide bonds. The lowest BCUT2D eigenvalue weighted by Gasteiger charge is -2.27. The van der Waals surface area contributed by atoms with Gasteiger partial charge in [-0.15, -0.1) is 11.3 Å². The van der Waals surface area contributed by atoms with Gasteiger partial charge in [-0.1, -0.05) is 25.1 Å². The van der Waals surface area contributed by atoms with Crippen molar-refractivity contribution in [2.45, 2.75) is 98.3 Å². The Labute approximate surface area is 411 Å². The van der Waals surface area contributed by atoms with Crippen LogP contribution in [0.25, 0.3) is 11.1 Å². The number of thiophene rings is 1. The monoisotopic (exact) mass is 1030 g/mol. The Hall–Kier alpha value is -5.88. The molecule has 2 aliphatic heterocycles. The summed E-state index contributed by atoms with van der Waals surface area (Å²) >= 11 is 0.592. The second-order valence-electron chi connectivity index (χ2n) is 17.0. The highest BCUT2D eigenvalue weighted by Crippen LogP contribution is 2.43. The van der Waals surface area contributed by atoms with E-state index in [1.54, 1.807) is 43.6 Å². The number of anilines is 1. The van der Waals surface area contributed by atoms with Crippen LogP contribution in [0, 0.1) is 0 Å². The van der Waals surface area contributed by atoms with Crippen LogP contribution in [-0.2, 0) is 59.6 Å². The Balaban J connectivity index is 0.992. The Morgan fingerprint density at radius 1 is 0.971 bits per heavy atom. The molecule has 0 saturated carbocycles. The van der Waals surface area contributed by atoms with E-state index in [1.807, 2.05) is 25.1 Å². The van der Waals surface area contributed by atoms with E-state index < -0.39 is 85.4 Å². The van der Waals surface area contributed by atoms with Crippen LogP contribution in [0.3, 0.4) is 0 Å². The average molecular weight is 1030 g/mol. The third-order valence-electron chi connectivity index (χ3n) is 11.8. The molecule has 1 saturated heterocycles. The van der Waals surface area contributed by atoms with Gasteiger partial charge in [-0.05, 0) is 107 Å². The van der Waals surface area contributed by atoms with Crippen LogP contribution in [0.5, 0.6) is 11.5 Å². The normalized spacial score (nSPS) is 17.4. The third kappa shape index (κ3) is 14.1. The molecule has 0 spiro atoms. The summed E-state index contributed by atoms with van der Waals surface area (Å²) in [6.45, 7) is 9.26. The maximum atomic E-state index is 14.0. The smallest absolute Gasteiger partial charge is 0.347 e. The van der Waals surface area contributed by atoms with Gasteiger partial charge in [-0.2, -0.15) is 5.10 Å². The highest BCUT2D eigenvalue weighted by molar-refractivity contribution is 7.96. The topological polar surface area (TPSA) is 259 Å². The molecule has 2 aliphatic rings. The number of carbonyl (C=O) groups is 5. The first-order valence-corrected chi connectivity index (χ1v) is 27.0. The number of likely N-dealkylation sites (tertiary alicyclic amines) is 1. The molecule has 2 aromatic heterocycles. The Kier molecular flexibility index (Phi) is 18.6. The van der Waals surface area contributed by atoms with Gasteiger partial charge in [0.15, 0.2) is 37.7 Å². The van der Waals surface area contributed by atoms with Gasteiger partial charge in [0, 0.05) is 30.9 Å². The minimum atomic E-state index is -4.32. The molecule has 0 aliphatic carbocycles. The van der Waals surface area contributed by atoms with Gasteiger partial charge in [0.05, 0.1) is 43.6 Å². The van der Waals surface area contributed by atoms with Crippen molar-refractivity contribution in [2.75, 3.05) is 64.1 Å². The SMILES string of the molecule is CCN[C@H]1C[C@H](C)S(=O)(=O)c2sc(S(=O)(=O)CC(=O)C(C)OC(=O)CCC(=O)OC(C)C(=O)OCCN(Cc3cccc(OC)c3)C(=O)Nc3ccc(-c4cn[nH]c4)cc3OCCN3CCCC3)cc21. The summed E-state index contributed by atoms with van der Waals surface area (Å²) in [5, 5.41) is 12.2. The number of ether oxygens (including phenoxy) is 5. The number of Topliss-reactive ketones (excluding diaryl/α,β-unsaturated/α-hetero) is 1. The maximum Gasteiger partial charge on any atom is 0.347 e. The highest BCUT2D eigenvalue weighted by atomic mass is 32.3. The molecule has 3 N–H and O–H groups in total. The molecular weight excluding hydrogens is 969 g/mol. The van der Waals surface area contributed by atoms with Crippen molar-refractivity contribution < 1.29 is 64.5 Å². The number of methoxy groups -OCH3 is 1. The van der Waals surface area contributed by atoms with E-state index in [2.05, 4.69) is 25.7 Å². The molecule has 20 nitrogen and oxygen atoms in total. The van der Waals surface area contributed by atoms with E-state index in [9.17, 15) is 40.8 Å². The van der Waals surface area contributed by atoms with E-state index in [-0.39, 0.29) is 40.6 Å². The summed E-state index contributed by atoms with van der Waals surface area (Å²) in [5.41, 5.74) is 3.15. The zero-order chi connectivity index (χ0) is 50.6. The summed E-state index contributed by atoms with van der Waals surface area (Å²) in [5.74, 6) is -3.86. The number of ketones is 1. The van der Waals surface area contributed by atoms with Gasteiger partial charge in [0.2, 0.25) is 0 Å². The predicted octanol–water partition coefficient (Wildman–Crippen LogP) is 5.10. The lowest BCUT2D eigenvalue weighted by molar-refractivity contribution is -0.167. The minimum Gasteiger partial charge on any atom is -0.497 e. The Bertz CT molecular complexity index is 2710. The van der Waals surface area contributed by atoms with Crippen LogP contribution < -0.4 is 20.1 Å². The first-order chi connectivity index (χ1) is 33.4. The van der Waals surface area contributed by atoms with E-state index >= 15 is 0 Å². The van der Waals surface area contributed by atoms with Gasteiger partial charge in [0.25, 0.3) is 0 Å². The van der Waals surface area contributed by atoms with Crippen LogP contribution in [0.1, 0.15) is 77.0 Å². The molecule has 2 aromatic carbocycles. The molecule has 380 valence electrons. The lowest BCUT2D eigenvalue weighted by Crippen LogP contribution is -2.38. The molecule has 0 bridgehead atoms. The summed E-state index contributed by atoms with van der Waals surface area (Å²) in [6, 6.07) is 12.9. The van der Waals surface area contributed by atoms with E-state index in [4.69, 9.17) is 23.7 Å². The standard InChI is InChI=1S/C47H60N6O14S3/c1-6-48-39-22-30(2)70(61,62)46-37(39)25-44(68-46)69(59,60)29-40(54)31(3)66-42(55)14-15-43(56)67-32(4)45(57)65-21-19-53(28-33-10-9-11-36(23-33)63-5)47(58)51-38-13-12-34(35-26-49-50-27-35)24-41(38)64-20-18-52-16-7-8-17-52/h9-13,23-27,30-32,39,48H,6-8,14-22,28-29H2,1-5H3,(H,49,50)(H,51,58)/t30-,31?,32?,39-/m0/s1. The summed E-state index contributed by atoms with van der Waals surface area (Å²) in [6.07, 6.45) is 1.96. The number of aromatic amines is 1. The van der Waals surface area contributed by atoms with Crippen molar-refractivity contribution >= 4 is 66.4 Å². The summed E-state index contributed by atoms with van der Waals surface area (Å²) in [4.78, 5) is 69.0. The number of nitrogens with one attached hydrogen (secondary N) is 3. The fraction of sp³-hybridized carbons (Fsp3) is 0.489. The van der Waals surface area contributed by atoms with E-state index in [0.29, 0.717) is 47.2 Å². The van der Waals surface area contributed by atoms with Crippen molar-refractivity contribution in [3.63, 3.8) is 0 Å². The summed E-state index contributed by atoms with van der Waals surface area (Å²) < 4.78 is 79.6. The molecule has 6 rings (SSSR count). The molecule has 70 heavy (non-hydrogen) atoms. The van der Waals surface area contributed by atoms with Crippen molar-refractivity contribution in [1.82, 2.24) is 25.3 Å². The van der Waals surface area contributed by atoms with Gasteiger partial charge in [0.1, 0.15) is 38.9 Å². The van der Waals surface area contributed by atoms with Gasteiger partial charge in [-0.25, -0.2) is 26.4 Å². The number of rotatable bonds is 24. The average Bonchev–Trinajstić information content (AvgIpc) is 4.15. The largest absolute Gasteiger partial charge is 0.497 e. The molecule has 1 fully saturated rings. The molecule has 0 radical (unpaired) electrons. The molecule has 2 unspecified atom stereocenters. The molecule has 23 heteroatoms. The number of nitrogens with zero attached hydrogens (tertiary/aromatic N) is 3. The molecule has 4 aromatic rings. The third-order valence-corrected chi connectivity index (χ3v) is 17.9. The number of sulfone groups is 2. The number of aromatic nitrogens is 2. The van der Waals surface area contributed by atoms with Crippen LogP contribution in [0.2, 0.25) is 0 Å². The van der Waals surface area contributed by atoms with Crippen molar-refractivity contribution in [2.24, 2.45) is 0 Å². The predicted molar refractivity (Wildman–Crippen MR) is 258 cm³/mol. The fourth-order valence-electron chi connectivity index (χ4n) is 7.83. The second-order valence-corrected chi connectivity index (χ2v) is 22.8. The number of fused-ring (bicyclic) bond motifs is 1. The van der Waals surface area contributed by atoms with Crippen LogP contribution in [0.15, 0.2) is 69.3 Å². The van der Waals surface area contributed by atoms with Crippen molar-refractivity contribution in [3.05, 3.63) is 72.1 Å². The van der Waals surface area contributed by atoms with E-state index in [0.717, 1.165) is 49.2 Å². The molecular formula is C47H60N6O14S3. The quantitative estimate of drug-likeness (QED) is 0.0609.